The van der Waals surface area contributed by atoms with Crippen LogP contribution in [0.1, 0.15) is 39.2 Å². The highest BCUT2D eigenvalue weighted by atomic mass is 16.2. The SMILES string of the molecule is CC(C)(C)C(=O)N1CCN(CC(=O)N2CCC(Cc3ccccc3)CC2)CC1. The molecule has 0 aliphatic carbocycles. The smallest absolute Gasteiger partial charge is 0.236 e. The average molecular weight is 386 g/mol. The number of benzene rings is 1. The summed E-state index contributed by atoms with van der Waals surface area (Å²) in [6.07, 6.45) is 3.30. The minimum Gasteiger partial charge on any atom is -0.342 e. The largest absolute Gasteiger partial charge is 0.342 e. The van der Waals surface area contributed by atoms with Gasteiger partial charge in [-0.2, -0.15) is 0 Å². The van der Waals surface area contributed by atoms with Gasteiger partial charge in [0.2, 0.25) is 11.8 Å². The van der Waals surface area contributed by atoms with Crippen molar-refractivity contribution in [2.24, 2.45) is 11.3 Å². The van der Waals surface area contributed by atoms with Crippen LogP contribution in [-0.4, -0.2) is 72.3 Å². The second-order valence-electron chi connectivity index (χ2n) is 9.33. The highest BCUT2D eigenvalue weighted by Crippen LogP contribution is 2.22. The Morgan fingerprint density at radius 1 is 0.893 bits per heavy atom. The second-order valence-corrected chi connectivity index (χ2v) is 9.33. The van der Waals surface area contributed by atoms with E-state index in [0.717, 1.165) is 58.5 Å². The molecule has 2 aliphatic rings. The summed E-state index contributed by atoms with van der Waals surface area (Å²) in [5, 5.41) is 0. The standard InChI is InChI=1S/C23H35N3O2/c1-23(2,3)22(28)26-15-13-24(14-16-26)18-21(27)25-11-9-20(10-12-25)17-19-7-5-4-6-8-19/h4-8,20H,9-18H2,1-3H3. The van der Waals surface area contributed by atoms with Gasteiger partial charge in [0.25, 0.3) is 0 Å². The topological polar surface area (TPSA) is 43.9 Å². The molecule has 1 aromatic carbocycles. The molecule has 0 bridgehead atoms. The van der Waals surface area contributed by atoms with E-state index >= 15 is 0 Å². The summed E-state index contributed by atoms with van der Waals surface area (Å²) in [4.78, 5) is 31.3. The Morgan fingerprint density at radius 2 is 1.50 bits per heavy atom. The van der Waals surface area contributed by atoms with E-state index < -0.39 is 0 Å². The van der Waals surface area contributed by atoms with Crippen LogP contribution in [0.25, 0.3) is 0 Å². The lowest BCUT2D eigenvalue weighted by atomic mass is 9.90. The summed E-state index contributed by atoms with van der Waals surface area (Å²) in [5.74, 6) is 1.13. The molecule has 0 unspecified atom stereocenters. The first kappa shape index (κ1) is 20.8. The number of piperazine rings is 1. The predicted molar refractivity (Wildman–Crippen MR) is 112 cm³/mol. The molecule has 0 atom stereocenters. The number of hydrogen-bond donors (Lipinski definition) is 0. The molecular formula is C23H35N3O2. The van der Waals surface area contributed by atoms with Crippen LogP contribution >= 0.6 is 0 Å². The molecule has 0 N–H and O–H groups in total. The van der Waals surface area contributed by atoms with E-state index in [4.69, 9.17) is 0 Å². The zero-order valence-corrected chi connectivity index (χ0v) is 17.7. The van der Waals surface area contributed by atoms with E-state index in [1.165, 1.54) is 5.56 Å². The number of likely N-dealkylation sites (tertiary alicyclic amines) is 1. The number of hydrogen-bond acceptors (Lipinski definition) is 3. The normalized spacial score (nSPS) is 19.7. The molecular weight excluding hydrogens is 350 g/mol. The molecule has 2 heterocycles. The number of carbonyl (C=O) groups is 2. The molecule has 0 radical (unpaired) electrons. The lowest BCUT2D eigenvalue weighted by Gasteiger charge is -2.38. The van der Waals surface area contributed by atoms with Crippen LogP contribution in [0.4, 0.5) is 0 Å². The molecule has 2 saturated heterocycles. The first-order valence-electron chi connectivity index (χ1n) is 10.7. The predicted octanol–water partition coefficient (Wildman–Crippen LogP) is 2.66. The molecule has 2 aliphatic heterocycles. The summed E-state index contributed by atoms with van der Waals surface area (Å²) < 4.78 is 0. The molecule has 154 valence electrons. The molecule has 2 amide bonds. The van der Waals surface area contributed by atoms with Crippen molar-refractivity contribution in [1.82, 2.24) is 14.7 Å². The summed E-state index contributed by atoms with van der Waals surface area (Å²) in [7, 11) is 0. The molecule has 5 nitrogen and oxygen atoms in total. The van der Waals surface area contributed by atoms with Crippen LogP contribution in [0.2, 0.25) is 0 Å². The number of amides is 2. The Hall–Kier alpha value is -1.88. The second kappa shape index (κ2) is 9.08. The van der Waals surface area contributed by atoms with Crippen molar-refractivity contribution in [3.63, 3.8) is 0 Å². The zero-order valence-electron chi connectivity index (χ0n) is 17.7. The monoisotopic (exact) mass is 385 g/mol. The van der Waals surface area contributed by atoms with Gasteiger partial charge < -0.3 is 9.80 Å². The van der Waals surface area contributed by atoms with Crippen LogP contribution in [0.5, 0.6) is 0 Å². The summed E-state index contributed by atoms with van der Waals surface area (Å²) in [6.45, 7) is 11.2. The van der Waals surface area contributed by atoms with Gasteiger partial charge in [0.15, 0.2) is 0 Å². The molecule has 1 aromatic rings. The Balaban J connectivity index is 1.39. The van der Waals surface area contributed by atoms with E-state index in [-0.39, 0.29) is 17.2 Å². The van der Waals surface area contributed by atoms with Gasteiger partial charge in [0.05, 0.1) is 6.54 Å². The van der Waals surface area contributed by atoms with Crippen molar-refractivity contribution in [2.45, 2.75) is 40.0 Å². The number of carbonyl (C=O) groups excluding carboxylic acids is 2. The Labute approximate surface area is 169 Å². The molecule has 0 aromatic heterocycles. The fourth-order valence-corrected chi connectivity index (χ4v) is 4.21. The van der Waals surface area contributed by atoms with Gasteiger partial charge in [-0.15, -0.1) is 0 Å². The molecule has 3 rings (SSSR count). The zero-order chi connectivity index (χ0) is 20.1. The maximum absolute atomic E-state index is 12.7. The molecule has 5 heteroatoms. The van der Waals surface area contributed by atoms with E-state index in [1.54, 1.807) is 0 Å². The van der Waals surface area contributed by atoms with Crippen LogP contribution < -0.4 is 0 Å². The summed E-state index contributed by atoms with van der Waals surface area (Å²) >= 11 is 0. The maximum atomic E-state index is 12.7. The van der Waals surface area contributed by atoms with Crippen molar-refractivity contribution >= 4 is 11.8 Å². The van der Waals surface area contributed by atoms with Gasteiger partial charge in [-0.3, -0.25) is 14.5 Å². The highest BCUT2D eigenvalue weighted by Gasteiger charge is 2.31. The first-order chi connectivity index (χ1) is 13.3. The van der Waals surface area contributed by atoms with Gasteiger partial charge >= 0.3 is 0 Å². The fraction of sp³-hybridized carbons (Fsp3) is 0.652. The van der Waals surface area contributed by atoms with Gasteiger partial charge in [0, 0.05) is 44.7 Å². The Kier molecular flexibility index (Phi) is 6.76. The van der Waals surface area contributed by atoms with Gasteiger partial charge in [-0.05, 0) is 30.7 Å². The fourth-order valence-electron chi connectivity index (χ4n) is 4.21. The Bertz CT molecular complexity index is 652. The summed E-state index contributed by atoms with van der Waals surface area (Å²) in [6, 6.07) is 10.7. The van der Waals surface area contributed by atoms with E-state index in [9.17, 15) is 9.59 Å². The lowest BCUT2D eigenvalue weighted by molar-refractivity contribution is -0.142. The molecule has 0 spiro atoms. The van der Waals surface area contributed by atoms with Crippen LogP contribution in [0.3, 0.4) is 0 Å². The molecule has 0 saturated carbocycles. The van der Waals surface area contributed by atoms with Crippen LogP contribution in [-0.2, 0) is 16.0 Å². The molecule has 28 heavy (non-hydrogen) atoms. The number of rotatable bonds is 4. The number of nitrogens with zero attached hydrogens (tertiary/aromatic N) is 3. The van der Waals surface area contributed by atoms with Crippen molar-refractivity contribution < 1.29 is 9.59 Å². The number of piperidine rings is 1. The van der Waals surface area contributed by atoms with Gasteiger partial charge in [-0.1, -0.05) is 51.1 Å². The third-order valence-corrected chi connectivity index (χ3v) is 5.99. The van der Waals surface area contributed by atoms with Crippen LogP contribution in [0.15, 0.2) is 30.3 Å². The van der Waals surface area contributed by atoms with E-state index in [2.05, 4.69) is 35.2 Å². The lowest BCUT2D eigenvalue weighted by Crippen LogP contribution is -2.54. The van der Waals surface area contributed by atoms with Crippen LogP contribution in [0, 0.1) is 11.3 Å². The van der Waals surface area contributed by atoms with Gasteiger partial charge in [-0.25, -0.2) is 0 Å². The van der Waals surface area contributed by atoms with E-state index in [0.29, 0.717) is 12.5 Å². The quantitative estimate of drug-likeness (QED) is 0.800. The van der Waals surface area contributed by atoms with E-state index in [1.807, 2.05) is 30.6 Å². The van der Waals surface area contributed by atoms with Crippen molar-refractivity contribution in [2.75, 3.05) is 45.8 Å². The van der Waals surface area contributed by atoms with Crippen molar-refractivity contribution in [3.8, 4) is 0 Å². The van der Waals surface area contributed by atoms with Crippen molar-refractivity contribution in [3.05, 3.63) is 35.9 Å². The first-order valence-corrected chi connectivity index (χ1v) is 10.7. The summed E-state index contributed by atoms with van der Waals surface area (Å²) in [5.41, 5.74) is 1.07. The third-order valence-electron chi connectivity index (χ3n) is 5.99. The Morgan fingerprint density at radius 3 is 2.07 bits per heavy atom. The van der Waals surface area contributed by atoms with Gasteiger partial charge in [0.1, 0.15) is 0 Å². The minimum atomic E-state index is -0.331. The molecule has 2 fully saturated rings. The maximum Gasteiger partial charge on any atom is 0.236 e. The third kappa shape index (κ3) is 5.57. The average Bonchev–Trinajstić information content (AvgIpc) is 2.68. The minimum absolute atomic E-state index is 0.207. The van der Waals surface area contributed by atoms with Crippen molar-refractivity contribution in [1.29, 1.82) is 0 Å². The highest BCUT2D eigenvalue weighted by molar-refractivity contribution is 5.81.